The van der Waals surface area contributed by atoms with Crippen LogP contribution in [0.2, 0.25) is 0 Å². The molecule has 9 heteroatoms. The van der Waals surface area contributed by atoms with Crippen molar-refractivity contribution in [1.29, 1.82) is 0 Å². The fourth-order valence-electron chi connectivity index (χ4n) is 3.22. The molecule has 1 atom stereocenters. The third-order valence-corrected chi connectivity index (χ3v) is 5.57. The zero-order valence-corrected chi connectivity index (χ0v) is 18.2. The zero-order chi connectivity index (χ0) is 21.6. The van der Waals surface area contributed by atoms with Gasteiger partial charge in [-0.15, -0.1) is 10.2 Å². The highest BCUT2D eigenvalue weighted by Crippen LogP contribution is 2.34. The molecule has 2 aromatic heterocycles. The van der Waals surface area contributed by atoms with Gasteiger partial charge in [0.1, 0.15) is 0 Å². The summed E-state index contributed by atoms with van der Waals surface area (Å²) < 4.78 is 17.1. The summed E-state index contributed by atoms with van der Waals surface area (Å²) in [6.45, 7) is 5.40. The molecule has 0 radical (unpaired) electrons. The first-order valence-electron chi connectivity index (χ1n) is 10.2. The normalized spacial score (nSPS) is 14.2. The third-order valence-electron chi connectivity index (χ3n) is 4.76. The number of pyridine rings is 1. The van der Waals surface area contributed by atoms with Gasteiger partial charge in [-0.1, -0.05) is 31.7 Å². The summed E-state index contributed by atoms with van der Waals surface area (Å²) in [5.74, 6) is 2.09. The number of carbonyl (C=O) groups is 1. The maximum absolute atomic E-state index is 12.6. The Morgan fingerprint density at radius 1 is 1.16 bits per heavy atom. The molecule has 0 spiro atoms. The predicted molar refractivity (Wildman–Crippen MR) is 116 cm³/mol. The van der Waals surface area contributed by atoms with E-state index in [2.05, 4.69) is 34.3 Å². The lowest BCUT2D eigenvalue weighted by Gasteiger charge is -2.23. The van der Waals surface area contributed by atoms with Gasteiger partial charge in [-0.05, 0) is 35.7 Å². The van der Waals surface area contributed by atoms with Crippen LogP contribution in [0.5, 0.6) is 11.5 Å². The maximum Gasteiger partial charge on any atom is 0.277 e. The van der Waals surface area contributed by atoms with Crippen molar-refractivity contribution in [2.24, 2.45) is 5.92 Å². The Balaban J connectivity index is 1.38. The van der Waals surface area contributed by atoms with Gasteiger partial charge in [-0.2, -0.15) is 0 Å². The standard InChI is InChI=1S/C22H24N4O4S/c1-14(2)20(15-6-7-17-18(11-15)29-10-4-9-28-17)24-19(27)13-31-22-26-25-21(30-22)16-5-3-8-23-12-16/h3,5-8,11-12,14,20H,4,9-10,13H2,1-2H3,(H,24,27)/t20-/m0/s1. The first-order valence-corrected chi connectivity index (χ1v) is 11.1. The van der Waals surface area contributed by atoms with Crippen molar-refractivity contribution < 1.29 is 18.7 Å². The average molecular weight is 441 g/mol. The summed E-state index contributed by atoms with van der Waals surface area (Å²) in [5.41, 5.74) is 1.72. The molecule has 4 rings (SSSR count). The van der Waals surface area contributed by atoms with Gasteiger partial charge in [-0.3, -0.25) is 9.78 Å². The van der Waals surface area contributed by atoms with Crippen molar-refractivity contribution in [1.82, 2.24) is 20.5 Å². The van der Waals surface area contributed by atoms with Crippen molar-refractivity contribution in [3.8, 4) is 23.0 Å². The summed E-state index contributed by atoms with van der Waals surface area (Å²) >= 11 is 1.20. The highest BCUT2D eigenvalue weighted by Gasteiger charge is 2.22. The molecular formula is C22H24N4O4S. The van der Waals surface area contributed by atoms with Gasteiger partial charge in [0.15, 0.2) is 11.5 Å². The second-order valence-electron chi connectivity index (χ2n) is 7.45. The Morgan fingerprint density at radius 3 is 2.77 bits per heavy atom. The molecule has 0 unspecified atom stereocenters. The number of thioether (sulfide) groups is 1. The fraction of sp³-hybridized carbons (Fsp3) is 0.364. The van der Waals surface area contributed by atoms with Crippen LogP contribution in [0.25, 0.3) is 11.5 Å². The quantitative estimate of drug-likeness (QED) is 0.552. The zero-order valence-electron chi connectivity index (χ0n) is 17.4. The number of fused-ring (bicyclic) bond motifs is 1. The van der Waals surface area contributed by atoms with Crippen LogP contribution in [-0.2, 0) is 4.79 Å². The second-order valence-corrected chi connectivity index (χ2v) is 8.38. The smallest absolute Gasteiger partial charge is 0.277 e. The molecule has 1 aromatic carbocycles. The van der Waals surface area contributed by atoms with E-state index in [1.165, 1.54) is 11.8 Å². The van der Waals surface area contributed by atoms with E-state index in [-0.39, 0.29) is 23.6 Å². The van der Waals surface area contributed by atoms with Crippen molar-refractivity contribution in [2.45, 2.75) is 31.5 Å². The number of carbonyl (C=O) groups excluding carboxylic acids is 1. The van der Waals surface area contributed by atoms with Crippen LogP contribution in [0.1, 0.15) is 31.9 Å². The molecule has 31 heavy (non-hydrogen) atoms. The van der Waals surface area contributed by atoms with E-state index < -0.39 is 0 Å². The van der Waals surface area contributed by atoms with Gasteiger partial charge < -0.3 is 19.2 Å². The lowest BCUT2D eigenvalue weighted by Crippen LogP contribution is -2.33. The first kappa shape index (κ1) is 21.2. The van der Waals surface area contributed by atoms with Gasteiger partial charge in [0.05, 0.1) is 30.6 Å². The Morgan fingerprint density at radius 2 is 2.00 bits per heavy atom. The molecule has 0 bridgehead atoms. The first-order chi connectivity index (χ1) is 15.1. The van der Waals surface area contributed by atoms with Crippen LogP contribution < -0.4 is 14.8 Å². The van der Waals surface area contributed by atoms with Gasteiger partial charge in [0.25, 0.3) is 5.22 Å². The maximum atomic E-state index is 12.6. The third kappa shape index (κ3) is 5.35. The van der Waals surface area contributed by atoms with E-state index in [9.17, 15) is 4.79 Å². The Hall–Kier alpha value is -3.07. The van der Waals surface area contributed by atoms with Crippen LogP contribution >= 0.6 is 11.8 Å². The summed E-state index contributed by atoms with van der Waals surface area (Å²) in [4.78, 5) is 16.7. The lowest BCUT2D eigenvalue weighted by atomic mass is 9.95. The Bertz CT molecular complexity index is 1030. The van der Waals surface area contributed by atoms with Crippen LogP contribution in [-0.4, -0.2) is 40.1 Å². The monoisotopic (exact) mass is 440 g/mol. The number of nitrogens with one attached hydrogen (secondary N) is 1. The molecule has 162 valence electrons. The lowest BCUT2D eigenvalue weighted by molar-refractivity contribution is -0.119. The van der Waals surface area contributed by atoms with Gasteiger partial charge in [0, 0.05) is 18.8 Å². The fourth-order valence-corrected chi connectivity index (χ4v) is 3.80. The van der Waals surface area contributed by atoms with Crippen molar-refractivity contribution in [3.63, 3.8) is 0 Å². The molecule has 3 aromatic rings. The topological polar surface area (TPSA) is 99.4 Å². The Labute approximate surface area is 184 Å². The number of hydrogen-bond donors (Lipinski definition) is 1. The molecule has 1 N–H and O–H groups in total. The molecule has 1 aliphatic rings. The molecule has 1 aliphatic heterocycles. The van der Waals surface area contributed by atoms with Gasteiger partial charge in [0.2, 0.25) is 11.8 Å². The summed E-state index contributed by atoms with van der Waals surface area (Å²) in [6, 6.07) is 9.32. The number of benzene rings is 1. The van der Waals surface area contributed by atoms with E-state index in [1.807, 2.05) is 24.3 Å². The van der Waals surface area contributed by atoms with Crippen molar-refractivity contribution in [2.75, 3.05) is 19.0 Å². The van der Waals surface area contributed by atoms with Crippen molar-refractivity contribution in [3.05, 3.63) is 48.3 Å². The summed E-state index contributed by atoms with van der Waals surface area (Å²) in [6.07, 6.45) is 4.18. The minimum absolute atomic E-state index is 0.114. The number of ether oxygens (including phenoxy) is 2. The van der Waals surface area contributed by atoms with Crippen LogP contribution in [0.4, 0.5) is 0 Å². The minimum atomic E-state index is -0.154. The van der Waals surface area contributed by atoms with E-state index in [0.717, 1.165) is 29.0 Å². The van der Waals surface area contributed by atoms with E-state index >= 15 is 0 Å². The average Bonchev–Trinajstić information content (AvgIpc) is 3.14. The van der Waals surface area contributed by atoms with Crippen LogP contribution in [0.15, 0.2) is 52.4 Å². The number of hydrogen-bond acceptors (Lipinski definition) is 8. The number of aromatic nitrogens is 3. The highest BCUT2D eigenvalue weighted by molar-refractivity contribution is 7.99. The second kappa shape index (κ2) is 9.82. The Kier molecular flexibility index (Phi) is 6.71. The molecule has 3 heterocycles. The minimum Gasteiger partial charge on any atom is -0.490 e. The summed E-state index contributed by atoms with van der Waals surface area (Å²) in [5, 5.41) is 11.5. The molecule has 0 saturated heterocycles. The molecular weight excluding hydrogens is 416 g/mol. The largest absolute Gasteiger partial charge is 0.490 e. The molecule has 0 fully saturated rings. The van der Waals surface area contributed by atoms with E-state index in [4.69, 9.17) is 13.9 Å². The molecule has 1 amide bonds. The van der Waals surface area contributed by atoms with E-state index in [1.54, 1.807) is 18.5 Å². The number of amides is 1. The number of nitrogens with zero attached hydrogens (tertiary/aromatic N) is 3. The predicted octanol–water partition coefficient (Wildman–Crippen LogP) is 3.90. The summed E-state index contributed by atoms with van der Waals surface area (Å²) in [7, 11) is 0. The molecule has 0 aliphatic carbocycles. The van der Waals surface area contributed by atoms with Crippen LogP contribution in [0.3, 0.4) is 0 Å². The molecule has 0 saturated carbocycles. The van der Waals surface area contributed by atoms with Crippen molar-refractivity contribution >= 4 is 17.7 Å². The van der Waals surface area contributed by atoms with E-state index in [0.29, 0.717) is 24.3 Å². The molecule has 8 nitrogen and oxygen atoms in total. The highest BCUT2D eigenvalue weighted by atomic mass is 32.2. The van der Waals surface area contributed by atoms with Gasteiger partial charge >= 0.3 is 0 Å². The number of rotatable bonds is 7. The SMILES string of the molecule is CC(C)[C@H](NC(=O)CSc1nnc(-c2cccnc2)o1)c1ccc2c(c1)OCCCO2. The van der Waals surface area contributed by atoms with Gasteiger partial charge in [-0.25, -0.2) is 0 Å². The van der Waals surface area contributed by atoms with Crippen LogP contribution in [0, 0.1) is 5.92 Å².